The molecule has 2 heterocycles. The fraction of sp³-hybridized carbons (Fsp3) is 0.571. The third-order valence-electron chi connectivity index (χ3n) is 3.51. The summed E-state index contributed by atoms with van der Waals surface area (Å²) in [5.74, 6) is -0.0869. The lowest BCUT2D eigenvalue weighted by atomic mass is 10.1. The lowest BCUT2D eigenvalue weighted by Crippen LogP contribution is -2.52. The average molecular weight is 279 g/mol. The molecule has 1 amide bonds. The van der Waals surface area contributed by atoms with E-state index in [0.717, 1.165) is 11.4 Å². The molecule has 0 spiro atoms. The molecule has 1 aliphatic heterocycles. The minimum Gasteiger partial charge on any atom is -0.394 e. The van der Waals surface area contributed by atoms with Gasteiger partial charge in [-0.1, -0.05) is 0 Å². The number of nitrogens with zero attached hydrogens (tertiary/aromatic N) is 2. The van der Waals surface area contributed by atoms with E-state index in [4.69, 9.17) is 4.74 Å². The number of aliphatic hydroxyl groups is 1. The number of hydrogen-bond acceptors (Lipinski definition) is 5. The normalized spacial score (nSPS) is 22.7. The van der Waals surface area contributed by atoms with Crippen LogP contribution in [0.15, 0.2) is 12.3 Å². The third-order valence-corrected chi connectivity index (χ3v) is 3.51. The maximum atomic E-state index is 12.7. The van der Waals surface area contributed by atoms with Gasteiger partial charge in [-0.15, -0.1) is 0 Å². The number of aryl methyl sites for hydroxylation is 1. The number of amides is 1. The molecule has 6 nitrogen and oxygen atoms in total. The summed E-state index contributed by atoms with van der Waals surface area (Å²) in [6.07, 6.45) is 1.28. The Morgan fingerprint density at radius 2 is 2.40 bits per heavy atom. The number of carbonyl (C=O) groups is 1. The Morgan fingerprint density at radius 3 is 3.05 bits per heavy atom. The van der Waals surface area contributed by atoms with Crippen LogP contribution in [0.25, 0.3) is 0 Å². The Labute approximate surface area is 118 Å². The summed E-state index contributed by atoms with van der Waals surface area (Å²) in [5, 5.41) is 12.2. The molecule has 1 saturated heterocycles. The molecule has 1 aliphatic rings. The van der Waals surface area contributed by atoms with E-state index >= 15 is 0 Å². The highest BCUT2D eigenvalue weighted by atomic mass is 16.5. The number of anilines is 1. The van der Waals surface area contributed by atoms with Crippen LogP contribution in [-0.4, -0.2) is 59.8 Å². The van der Waals surface area contributed by atoms with E-state index in [1.807, 2.05) is 19.9 Å². The molecule has 1 aromatic heterocycles. The van der Waals surface area contributed by atoms with Gasteiger partial charge in [0.15, 0.2) is 0 Å². The fourth-order valence-electron chi connectivity index (χ4n) is 2.30. The maximum Gasteiger partial charge on any atom is 0.257 e. The molecule has 0 saturated carbocycles. The lowest BCUT2D eigenvalue weighted by Gasteiger charge is -2.37. The summed E-state index contributed by atoms with van der Waals surface area (Å²) < 4.78 is 5.46. The van der Waals surface area contributed by atoms with Crippen LogP contribution < -0.4 is 5.32 Å². The number of pyridine rings is 1. The van der Waals surface area contributed by atoms with Gasteiger partial charge in [0.1, 0.15) is 0 Å². The molecule has 1 aromatic rings. The van der Waals surface area contributed by atoms with Crippen LogP contribution in [0.2, 0.25) is 0 Å². The van der Waals surface area contributed by atoms with Crippen molar-refractivity contribution >= 4 is 11.6 Å². The van der Waals surface area contributed by atoms with Gasteiger partial charge in [0.05, 0.1) is 36.6 Å². The van der Waals surface area contributed by atoms with Crippen molar-refractivity contribution in [1.82, 2.24) is 9.88 Å². The maximum absolute atomic E-state index is 12.7. The monoisotopic (exact) mass is 279 g/mol. The van der Waals surface area contributed by atoms with Crippen molar-refractivity contribution in [1.29, 1.82) is 0 Å². The van der Waals surface area contributed by atoms with Crippen molar-refractivity contribution in [3.8, 4) is 0 Å². The summed E-state index contributed by atoms with van der Waals surface area (Å²) in [5.41, 5.74) is 2.17. The molecule has 2 rings (SSSR count). The Morgan fingerprint density at radius 1 is 1.65 bits per heavy atom. The summed E-state index contributed by atoms with van der Waals surface area (Å²) in [6.45, 7) is 4.57. The number of aromatic nitrogens is 1. The molecule has 1 fully saturated rings. The topological polar surface area (TPSA) is 74.7 Å². The summed E-state index contributed by atoms with van der Waals surface area (Å²) in [6, 6.07) is 1.83. The van der Waals surface area contributed by atoms with E-state index < -0.39 is 0 Å². The average Bonchev–Trinajstić information content (AvgIpc) is 2.47. The molecule has 2 N–H and O–H groups in total. The molecule has 0 radical (unpaired) electrons. The fourth-order valence-corrected chi connectivity index (χ4v) is 2.30. The van der Waals surface area contributed by atoms with Crippen LogP contribution in [0.5, 0.6) is 0 Å². The van der Waals surface area contributed by atoms with Gasteiger partial charge < -0.3 is 20.1 Å². The van der Waals surface area contributed by atoms with Crippen LogP contribution in [0.3, 0.4) is 0 Å². The van der Waals surface area contributed by atoms with Gasteiger partial charge in [-0.2, -0.15) is 0 Å². The molecular formula is C14H21N3O3. The van der Waals surface area contributed by atoms with Crippen LogP contribution >= 0.6 is 0 Å². The second kappa shape index (κ2) is 6.19. The predicted octanol–water partition coefficient (Wildman–Crippen LogP) is 0.654. The highest BCUT2D eigenvalue weighted by Gasteiger charge is 2.31. The smallest absolute Gasteiger partial charge is 0.257 e. The van der Waals surface area contributed by atoms with Crippen molar-refractivity contribution in [2.75, 3.05) is 32.1 Å². The number of nitrogens with one attached hydrogen (secondary N) is 1. The van der Waals surface area contributed by atoms with E-state index in [9.17, 15) is 9.90 Å². The Hall–Kier alpha value is -1.66. The Kier molecular flexibility index (Phi) is 4.57. The Bertz CT molecular complexity index is 493. The molecule has 110 valence electrons. The molecule has 2 unspecified atom stereocenters. The molecule has 0 aliphatic carbocycles. The van der Waals surface area contributed by atoms with Crippen LogP contribution in [-0.2, 0) is 4.74 Å². The zero-order chi connectivity index (χ0) is 14.7. The van der Waals surface area contributed by atoms with E-state index in [0.29, 0.717) is 18.7 Å². The summed E-state index contributed by atoms with van der Waals surface area (Å²) in [4.78, 5) is 18.6. The first kappa shape index (κ1) is 14.7. The number of carbonyl (C=O) groups excluding carboxylic acids is 1. The standard InChI is InChI=1S/C14H21N3O3/c1-9-4-13(15-3)12(5-16-9)14(19)17-6-11(7-18)20-8-10(17)2/h4-5,10-11,18H,6-8H2,1-3H3,(H,15,16). The van der Waals surface area contributed by atoms with Gasteiger partial charge in [-0.05, 0) is 19.9 Å². The van der Waals surface area contributed by atoms with E-state index in [2.05, 4.69) is 10.3 Å². The first-order chi connectivity index (χ1) is 9.56. The zero-order valence-corrected chi connectivity index (χ0v) is 12.1. The van der Waals surface area contributed by atoms with Gasteiger partial charge in [0.2, 0.25) is 0 Å². The number of ether oxygens (including phenoxy) is 1. The van der Waals surface area contributed by atoms with Gasteiger partial charge in [0, 0.05) is 25.5 Å². The third kappa shape index (κ3) is 2.91. The van der Waals surface area contributed by atoms with Gasteiger partial charge in [-0.25, -0.2) is 0 Å². The first-order valence-electron chi connectivity index (χ1n) is 6.74. The van der Waals surface area contributed by atoms with Crippen molar-refractivity contribution in [2.24, 2.45) is 0 Å². The highest BCUT2D eigenvalue weighted by molar-refractivity contribution is 5.99. The van der Waals surface area contributed by atoms with E-state index in [1.165, 1.54) is 0 Å². The quantitative estimate of drug-likeness (QED) is 0.850. The number of hydrogen-bond donors (Lipinski definition) is 2. The minimum atomic E-state index is -0.313. The second-order valence-electron chi connectivity index (χ2n) is 5.07. The molecular weight excluding hydrogens is 258 g/mol. The number of morpholine rings is 1. The lowest BCUT2D eigenvalue weighted by molar-refractivity contribution is -0.0667. The first-order valence-corrected chi connectivity index (χ1v) is 6.74. The molecule has 20 heavy (non-hydrogen) atoms. The summed E-state index contributed by atoms with van der Waals surface area (Å²) >= 11 is 0. The SMILES string of the molecule is CNc1cc(C)ncc1C(=O)N1CC(CO)OCC1C. The van der Waals surface area contributed by atoms with Crippen LogP contribution in [0, 0.1) is 6.92 Å². The van der Waals surface area contributed by atoms with Crippen molar-refractivity contribution in [2.45, 2.75) is 26.0 Å². The van der Waals surface area contributed by atoms with Gasteiger partial charge in [0.25, 0.3) is 5.91 Å². The van der Waals surface area contributed by atoms with Crippen molar-refractivity contribution in [3.63, 3.8) is 0 Å². The molecule has 2 atom stereocenters. The summed E-state index contributed by atoms with van der Waals surface area (Å²) in [7, 11) is 1.78. The van der Waals surface area contributed by atoms with E-state index in [1.54, 1.807) is 18.1 Å². The molecule has 0 bridgehead atoms. The van der Waals surface area contributed by atoms with Crippen LogP contribution in [0.4, 0.5) is 5.69 Å². The number of aliphatic hydroxyl groups excluding tert-OH is 1. The highest BCUT2D eigenvalue weighted by Crippen LogP contribution is 2.21. The van der Waals surface area contributed by atoms with Gasteiger partial charge in [-0.3, -0.25) is 9.78 Å². The molecule has 6 heteroatoms. The van der Waals surface area contributed by atoms with Crippen LogP contribution in [0.1, 0.15) is 23.0 Å². The van der Waals surface area contributed by atoms with Crippen molar-refractivity contribution in [3.05, 3.63) is 23.5 Å². The molecule has 0 aromatic carbocycles. The largest absolute Gasteiger partial charge is 0.394 e. The number of rotatable bonds is 3. The second-order valence-corrected chi connectivity index (χ2v) is 5.07. The zero-order valence-electron chi connectivity index (χ0n) is 12.1. The minimum absolute atomic E-state index is 0.0173. The van der Waals surface area contributed by atoms with Crippen molar-refractivity contribution < 1.29 is 14.6 Å². The van der Waals surface area contributed by atoms with E-state index in [-0.39, 0.29) is 24.7 Å². The Balaban J connectivity index is 2.25. The predicted molar refractivity (Wildman–Crippen MR) is 75.8 cm³/mol. The van der Waals surface area contributed by atoms with Gasteiger partial charge >= 0.3 is 0 Å².